The van der Waals surface area contributed by atoms with Crippen molar-refractivity contribution in [3.8, 4) is 0 Å². The average Bonchev–Trinajstić information content (AvgIpc) is 2.75. The van der Waals surface area contributed by atoms with Gasteiger partial charge in [-0.1, -0.05) is 11.6 Å². The molecule has 2 heterocycles. The summed E-state index contributed by atoms with van der Waals surface area (Å²) < 4.78 is 6.03. The second-order valence-corrected chi connectivity index (χ2v) is 5.31. The van der Waals surface area contributed by atoms with Gasteiger partial charge in [0.2, 0.25) is 0 Å². The summed E-state index contributed by atoms with van der Waals surface area (Å²) in [7, 11) is 0. The molecule has 0 aromatic carbocycles. The molecule has 2 aromatic heterocycles. The van der Waals surface area contributed by atoms with Crippen molar-refractivity contribution in [2.24, 2.45) is 5.73 Å². The molecule has 0 saturated heterocycles. The first-order valence-electron chi connectivity index (χ1n) is 4.70. The highest BCUT2D eigenvalue weighted by Gasteiger charge is 2.10. The molecule has 0 amide bonds. The van der Waals surface area contributed by atoms with E-state index >= 15 is 0 Å². The Hall–Kier alpha value is -0.770. The van der Waals surface area contributed by atoms with Gasteiger partial charge in [-0.15, -0.1) is 11.3 Å². The SMILES string of the molecule is Cc1cc(C(N)Cc2ccc(Cl)s2)co1. The normalized spacial score (nSPS) is 13.0. The van der Waals surface area contributed by atoms with E-state index in [9.17, 15) is 0 Å². The lowest BCUT2D eigenvalue weighted by molar-refractivity contribution is 0.528. The molecule has 4 heteroatoms. The van der Waals surface area contributed by atoms with Crippen LogP contribution in [0.1, 0.15) is 22.2 Å². The van der Waals surface area contributed by atoms with Gasteiger partial charge in [-0.25, -0.2) is 0 Å². The molecule has 2 rings (SSSR count). The minimum atomic E-state index is -0.0165. The van der Waals surface area contributed by atoms with Crippen molar-refractivity contribution in [2.75, 3.05) is 0 Å². The number of hydrogen-bond acceptors (Lipinski definition) is 3. The topological polar surface area (TPSA) is 39.2 Å². The number of aryl methyl sites for hydroxylation is 1. The molecule has 0 spiro atoms. The lowest BCUT2D eigenvalue weighted by atomic mass is 10.1. The van der Waals surface area contributed by atoms with E-state index in [0.29, 0.717) is 0 Å². The highest BCUT2D eigenvalue weighted by atomic mass is 35.5. The van der Waals surface area contributed by atoms with Crippen molar-refractivity contribution < 1.29 is 4.42 Å². The van der Waals surface area contributed by atoms with Crippen LogP contribution in [0.5, 0.6) is 0 Å². The van der Waals surface area contributed by atoms with Crippen molar-refractivity contribution in [3.05, 3.63) is 45.0 Å². The van der Waals surface area contributed by atoms with E-state index in [2.05, 4.69) is 0 Å². The van der Waals surface area contributed by atoms with E-state index in [-0.39, 0.29) is 6.04 Å². The second-order valence-electron chi connectivity index (χ2n) is 3.51. The molecule has 1 unspecified atom stereocenters. The third-order valence-electron chi connectivity index (χ3n) is 2.23. The van der Waals surface area contributed by atoms with Crippen LogP contribution in [0.2, 0.25) is 4.34 Å². The van der Waals surface area contributed by atoms with Gasteiger partial charge in [0.25, 0.3) is 0 Å². The third-order valence-corrected chi connectivity index (χ3v) is 3.48. The van der Waals surface area contributed by atoms with Crippen LogP contribution < -0.4 is 5.73 Å². The summed E-state index contributed by atoms with van der Waals surface area (Å²) in [4.78, 5) is 1.20. The Morgan fingerprint density at radius 3 is 2.87 bits per heavy atom. The highest BCUT2D eigenvalue weighted by Crippen LogP contribution is 2.26. The zero-order valence-corrected chi connectivity index (χ0v) is 9.94. The molecule has 0 aliphatic carbocycles. The molecule has 2 aromatic rings. The summed E-state index contributed by atoms with van der Waals surface area (Å²) in [5.41, 5.74) is 7.09. The molecular formula is C11H12ClNOS. The number of thiophene rings is 1. The monoisotopic (exact) mass is 241 g/mol. The molecule has 0 aliphatic heterocycles. The number of rotatable bonds is 3. The van der Waals surface area contributed by atoms with Gasteiger partial charge in [0.05, 0.1) is 10.6 Å². The number of hydrogen-bond donors (Lipinski definition) is 1. The number of halogens is 1. The fraction of sp³-hybridized carbons (Fsp3) is 0.273. The van der Waals surface area contributed by atoms with E-state index < -0.39 is 0 Å². The molecule has 1 atom stereocenters. The first-order chi connectivity index (χ1) is 7.15. The molecule has 0 radical (unpaired) electrons. The quantitative estimate of drug-likeness (QED) is 0.893. The smallest absolute Gasteiger partial charge is 0.101 e. The number of nitrogens with two attached hydrogens (primary N) is 1. The lowest BCUT2D eigenvalue weighted by Gasteiger charge is -2.06. The average molecular weight is 242 g/mol. The van der Waals surface area contributed by atoms with Crippen LogP contribution in [0.15, 0.2) is 28.9 Å². The summed E-state index contributed by atoms with van der Waals surface area (Å²) in [5, 5.41) is 0. The fourth-order valence-corrected chi connectivity index (χ4v) is 2.60. The zero-order chi connectivity index (χ0) is 10.8. The summed E-state index contributed by atoms with van der Waals surface area (Å²) in [6.45, 7) is 1.91. The fourth-order valence-electron chi connectivity index (χ4n) is 1.45. The Labute approximate surface area is 97.7 Å². The van der Waals surface area contributed by atoms with Crippen molar-refractivity contribution in [1.29, 1.82) is 0 Å². The third kappa shape index (κ3) is 2.62. The van der Waals surface area contributed by atoms with Gasteiger partial charge in [0, 0.05) is 22.9 Å². The van der Waals surface area contributed by atoms with Crippen LogP contribution in [0.3, 0.4) is 0 Å². The summed E-state index contributed by atoms with van der Waals surface area (Å²) >= 11 is 7.43. The molecule has 0 aliphatic rings. The standard InChI is InChI=1S/C11H12ClNOS/c1-7-4-8(6-14-7)10(13)5-9-2-3-11(12)15-9/h2-4,6,10H,5,13H2,1H3. The van der Waals surface area contributed by atoms with Gasteiger partial charge in [-0.05, 0) is 25.1 Å². The Balaban J connectivity index is 2.06. The number of furan rings is 1. The second kappa shape index (κ2) is 4.39. The van der Waals surface area contributed by atoms with Crippen LogP contribution in [0.25, 0.3) is 0 Å². The predicted molar refractivity (Wildman–Crippen MR) is 63.4 cm³/mol. The molecule has 15 heavy (non-hydrogen) atoms. The molecule has 2 nitrogen and oxygen atoms in total. The molecule has 80 valence electrons. The largest absolute Gasteiger partial charge is 0.469 e. The van der Waals surface area contributed by atoms with Crippen LogP contribution in [-0.4, -0.2) is 0 Å². The van der Waals surface area contributed by atoms with Gasteiger partial charge in [0.1, 0.15) is 5.76 Å². The molecule has 0 saturated carbocycles. The van der Waals surface area contributed by atoms with Crippen molar-refractivity contribution in [2.45, 2.75) is 19.4 Å². The molecule has 2 N–H and O–H groups in total. The Morgan fingerprint density at radius 2 is 2.33 bits per heavy atom. The van der Waals surface area contributed by atoms with Gasteiger partial charge in [0.15, 0.2) is 0 Å². The van der Waals surface area contributed by atoms with Gasteiger partial charge in [-0.2, -0.15) is 0 Å². The van der Waals surface area contributed by atoms with Crippen molar-refractivity contribution in [3.63, 3.8) is 0 Å². The minimum absolute atomic E-state index is 0.0165. The maximum absolute atomic E-state index is 6.05. The van der Waals surface area contributed by atoms with Crippen LogP contribution in [0.4, 0.5) is 0 Å². The highest BCUT2D eigenvalue weighted by molar-refractivity contribution is 7.16. The first-order valence-corrected chi connectivity index (χ1v) is 5.89. The summed E-state index contributed by atoms with van der Waals surface area (Å²) in [6, 6.07) is 5.87. The van der Waals surface area contributed by atoms with Crippen LogP contribution in [-0.2, 0) is 6.42 Å². The summed E-state index contributed by atoms with van der Waals surface area (Å²) in [5.74, 6) is 0.893. The van der Waals surface area contributed by atoms with Gasteiger partial charge >= 0.3 is 0 Å². The lowest BCUT2D eigenvalue weighted by Crippen LogP contribution is -2.11. The van der Waals surface area contributed by atoms with Crippen molar-refractivity contribution >= 4 is 22.9 Å². The molecular weight excluding hydrogens is 230 g/mol. The molecule has 0 bridgehead atoms. The maximum atomic E-state index is 6.05. The van der Waals surface area contributed by atoms with E-state index in [4.69, 9.17) is 21.8 Å². The van der Waals surface area contributed by atoms with E-state index in [1.807, 2.05) is 25.1 Å². The maximum Gasteiger partial charge on any atom is 0.101 e. The summed E-state index contributed by atoms with van der Waals surface area (Å²) in [6.07, 6.45) is 2.52. The van der Waals surface area contributed by atoms with Gasteiger partial charge < -0.3 is 10.2 Å². The Bertz CT molecular complexity index is 449. The van der Waals surface area contributed by atoms with E-state index in [1.54, 1.807) is 17.6 Å². The minimum Gasteiger partial charge on any atom is -0.469 e. The van der Waals surface area contributed by atoms with E-state index in [0.717, 1.165) is 22.1 Å². The first kappa shape index (κ1) is 10.7. The van der Waals surface area contributed by atoms with Crippen molar-refractivity contribution in [1.82, 2.24) is 0 Å². The zero-order valence-electron chi connectivity index (χ0n) is 8.37. The predicted octanol–water partition coefficient (Wildman–Crippen LogP) is 3.55. The molecule has 0 fully saturated rings. The van der Waals surface area contributed by atoms with Crippen LogP contribution in [0, 0.1) is 6.92 Å². The Kier molecular flexibility index (Phi) is 3.14. The van der Waals surface area contributed by atoms with E-state index in [1.165, 1.54) is 4.88 Å². The van der Waals surface area contributed by atoms with Gasteiger partial charge in [-0.3, -0.25) is 0 Å². The van der Waals surface area contributed by atoms with Crippen LogP contribution >= 0.6 is 22.9 Å². The Morgan fingerprint density at radius 1 is 1.53 bits per heavy atom.